The van der Waals surface area contributed by atoms with Crippen LogP contribution in [0.15, 0.2) is 82.7 Å². The van der Waals surface area contributed by atoms with Crippen molar-refractivity contribution in [3.05, 3.63) is 89.4 Å². The number of ether oxygens (including phenoxy) is 1. The number of nitrogens with zero attached hydrogens (tertiary/aromatic N) is 2. The lowest BCUT2D eigenvalue weighted by atomic mass is 10.1. The van der Waals surface area contributed by atoms with Crippen molar-refractivity contribution in [1.29, 1.82) is 0 Å². The first-order chi connectivity index (χ1) is 14.8. The number of furan rings is 1. The molecular formula is C24H17ClN2O2S. The van der Waals surface area contributed by atoms with E-state index in [-0.39, 0.29) is 0 Å². The number of pyridine rings is 1. The van der Waals surface area contributed by atoms with Crippen LogP contribution < -0.4 is 4.74 Å². The summed E-state index contributed by atoms with van der Waals surface area (Å²) >= 11 is 7.56. The van der Waals surface area contributed by atoms with Crippen molar-refractivity contribution in [2.75, 3.05) is 0 Å². The Morgan fingerprint density at radius 3 is 2.63 bits per heavy atom. The van der Waals surface area contributed by atoms with Gasteiger partial charge in [0.1, 0.15) is 23.6 Å². The highest BCUT2D eigenvalue weighted by Crippen LogP contribution is 2.33. The zero-order valence-electron chi connectivity index (χ0n) is 15.9. The molecule has 0 N–H and O–H groups in total. The van der Waals surface area contributed by atoms with Crippen LogP contribution in [-0.2, 0) is 12.5 Å². The van der Waals surface area contributed by atoms with Crippen molar-refractivity contribution in [3.63, 3.8) is 0 Å². The minimum Gasteiger partial charge on any atom is -0.489 e. The Kier molecular flexibility index (Phi) is 5.22. The average Bonchev–Trinajstić information content (AvgIpc) is 3.45. The largest absolute Gasteiger partial charge is 0.489 e. The number of fused-ring (bicyclic) bond motifs is 1. The molecule has 0 radical (unpaired) electrons. The van der Waals surface area contributed by atoms with Crippen LogP contribution in [0, 0.1) is 0 Å². The van der Waals surface area contributed by atoms with E-state index in [9.17, 15) is 0 Å². The highest BCUT2D eigenvalue weighted by molar-refractivity contribution is 7.13. The molecule has 0 aliphatic rings. The van der Waals surface area contributed by atoms with Crippen LogP contribution in [0.5, 0.6) is 5.75 Å². The maximum absolute atomic E-state index is 6.02. The van der Waals surface area contributed by atoms with Gasteiger partial charge in [0, 0.05) is 22.8 Å². The molecule has 0 aliphatic heterocycles. The fourth-order valence-corrected chi connectivity index (χ4v) is 4.25. The molecule has 148 valence electrons. The van der Waals surface area contributed by atoms with Crippen molar-refractivity contribution < 1.29 is 9.15 Å². The number of hydrogen-bond donors (Lipinski definition) is 0. The van der Waals surface area contributed by atoms with E-state index in [1.54, 1.807) is 6.20 Å². The zero-order valence-corrected chi connectivity index (χ0v) is 17.5. The molecule has 0 spiro atoms. The molecule has 0 atom stereocenters. The van der Waals surface area contributed by atoms with Crippen LogP contribution in [0.25, 0.3) is 33.1 Å². The topological polar surface area (TPSA) is 48.2 Å². The first-order valence-electron chi connectivity index (χ1n) is 9.46. The molecule has 3 aromatic heterocycles. The van der Waals surface area contributed by atoms with Gasteiger partial charge in [-0.2, -0.15) is 0 Å². The average molecular weight is 433 g/mol. The van der Waals surface area contributed by atoms with Gasteiger partial charge in [-0.05, 0) is 47.5 Å². The normalized spacial score (nSPS) is 11.1. The summed E-state index contributed by atoms with van der Waals surface area (Å²) in [5.74, 6) is 1.99. The highest BCUT2D eigenvalue weighted by Gasteiger charge is 2.13. The van der Waals surface area contributed by atoms with Gasteiger partial charge in [-0.25, -0.2) is 4.98 Å². The van der Waals surface area contributed by atoms with Crippen molar-refractivity contribution in [3.8, 4) is 27.9 Å². The molecular weight excluding hydrogens is 416 g/mol. The molecule has 3 heterocycles. The maximum Gasteiger partial charge on any atom is 0.164 e. The van der Waals surface area contributed by atoms with Gasteiger partial charge in [-0.15, -0.1) is 22.9 Å². The summed E-state index contributed by atoms with van der Waals surface area (Å²) in [6.45, 7) is 0.471. The fraction of sp³-hybridized carbons (Fsp3) is 0.0833. The maximum atomic E-state index is 6.02. The highest BCUT2D eigenvalue weighted by atomic mass is 35.5. The van der Waals surface area contributed by atoms with E-state index in [2.05, 4.69) is 9.97 Å². The molecule has 0 saturated heterocycles. The lowest BCUT2D eigenvalue weighted by Gasteiger charge is -2.09. The van der Waals surface area contributed by atoms with E-state index >= 15 is 0 Å². The molecule has 0 bridgehead atoms. The molecule has 0 fully saturated rings. The number of aromatic nitrogens is 2. The van der Waals surface area contributed by atoms with E-state index < -0.39 is 0 Å². The lowest BCUT2D eigenvalue weighted by molar-refractivity contribution is 0.305. The van der Waals surface area contributed by atoms with Gasteiger partial charge in [0.15, 0.2) is 10.8 Å². The van der Waals surface area contributed by atoms with Gasteiger partial charge in [-0.1, -0.05) is 30.3 Å². The van der Waals surface area contributed by atoms with E-state index in [4.69, 9.17) is 20.8 Å². The first-order valence-corrected chi connectivity index (χ1v) is 10.9. The van der Waals surface area contributed by atoms with Gasteiger partial charge in [-0.3, -0.25) is 4.98 Å². The summed E-state index contributed by atoms with van der Waals surface area (Å²) in [6.07, 6.45) is 1.77. The third kappa shape index (κ3) is 3.82. The molecule has 5 rings (SSSR count). The van der Waals surface area contributed by atoms with E-state index in [0.29, 0.717) is 12.5 Å². The number of benzene rings is 2. The summed E-state index contributed by atoms with van der Waals surface area (Å²) in [7, 11) is 0. The van der Waals surface area contributed by atoms with Crippen LogP contribution in [-0.4, -0.2) is 9.97 Å². The van der Waals surface area contributed by atoms with E-state index in [1.807, 2.05) is 72.1 Å². The second-order valence-corrected chi connectivity index (χ2v) is 7.88. The smallest absolute Gasteiger partial charge is 0.164 e. The summed E-state index contributed by atoms with van der Waals surface area (Å²) in [4.78, 5) is 9.04. The predicted molar refractivity (Wildman–Crippen MR) is 121 cm³/mol. The van der Waals surface area contributed by atoms with Crippen LogP contribution in [0.4, 0.5) is 0 Å². The standard InChI is InChI=1S/C24H17ClN2O2S/c25-13-16-5-1-2-6-17(16)14-28-19-8-9-22-18(11-19)12-23(29-22)24-27-21(15-30-24)20-7-3-4-10-26-20/h1-12,15H,13-14H2. The quantitative estimate of drug-likeness (QED) is 0.273. The Balaban J connectivity index is 1.37. The third-order valence-corrected chi connectivity index (χ3v) is 5.93. The Hall–Kier alpha value is -3.15. The fourth-order valence-electron chi connectivity index (χ4n) is 3.23. The van der Waals surface area contributed by atoms with Gasteiger partial charge in [0.25, 0.3) is 0 Å². The molecule has 5 aromatic rings. The summed E-state index contributed by atoms with van der Waals surface area (Å²) in [5, 5.41) is 3.79. The van der Waals surface area contributed by atoms with E-state index in [1.165, 1.54) is 11.3 Å². The minimum absolute atomic E-state index is 0.470. The van der Waals surface area contributed by atoms with Gasteiger partial charge < -0.3 is 9.15 Å². The zero-order chi connectivity index (χ0) is 20.3. The van der Waals surface area contributed by atoms with Crippen molar-refractivity contribution in [2.45, 2.75) is 12.5 Å². The number of rotatable bonds is 6. The minimum atomic E-state index is 0.470. The number of hydrogen-bond acceptors (Lipinski definition) is 5. The van der Waals surface area contributed by atoms with Gasteiger partial charge in [0.05, 0.1) is 5.69 Å². The Bertz CT molecular complexity index is 1300. The van der Waals surface area contributed by atoms with Crippen molar-refractivity contribution >= 4 is 33.9 Å². The summed E-state index contributed by atoms with van der Waals surface area (Å²) in [5.41, 5.74) is 4.67. The SMILES string of the molecule is ClCc1ccccc1COc1ccc2oc(-c3nc(-c4ccccn4)cs3)cc2c1. The Morgan fingerprint density at radius 2 is 1.80 bits per heavy atom. The van der Waals surface area contributed by atoms with Crippen LogP contribution >= 0.6 is 22.9 Å². The van der Waals surface area contributed by atoms with Crippen molar-refractivity contribution in [2.24, 2.45) is 0 Å². The second kappa shape index (κ2) is 8.30. The third-order valence-electron chi connectivity index (χ3n) is 4.79. The molecule has 6 heteroatoms. The lowest BCUT2D eigenvalue weighted by Crippen LogP contribution is -1.98. The summed E-state index contributed by atoms with van der Waals surface area (Å²) < 4.78 is 12.0. The van der Waals surface area contributed by atoms with Gasteiger partial charge in [0.2, 0.25) is 0 Å². The number of alkyl halides is 1. The van der Waals surface area contributed by atoms with Crippen LogP contribution in [0.1, 0.15) is 11.1 Å². The Labute approximate surface area is 182 Å². The molecule has 0 unspecified atom stereocenters. The number of thiazole rings is 1. The molecule has 0 amide bonds. The molecule has 30 heavy (non-hydrogen) atoms. The number of halogens is 1. The molecule has 4 nitrogen and oxygen atoms in total. The monoisotopic (exact) mass is 432 g/mol. The van der Waals surface area contributed by atoms with E-state index in [0.717, 1.165) is 50.0 Å². The van der Waals surface area contributed by atoms with Crippen molar-refractivity contribution in [1.82, 2.24) is 9.97 Å². The first kappa shape index (κ1) is 18.9. The van der Waals surface area contributed by atoms with Gasteiger partial charge >= 0.3 is 0 Å². The molecule has 0 saturated carbocycles. The van der Waals surface area contributed by atoms with Crippen LogP contribution in [0.2, 0.25) is 0 Å². The summed E-state index contributed by atoms with van der Waals surface area (Å²) in [6, 6.07) is 21.6. The molecule has 0 aliphatic carbocycles. The predicted octanol–water partition coefficient (Wildman–Crippen LogP) is 6.94. The second-order valence-electron chi connectivity index (χ2n) is 6.75. The Morgan fingerprint density at radius 1 is 0.933 bits per heavy atom. The molecule has 2 aromatic carbocycles. The van der Waals surface area contributed by atoms with Crippen LogP contribution in [0.3, 0.4) is 0 Å².